The zero-order valence-electron chi connectivity index (χ0n) is 9.67. The molecule has 1 atom stereocenters. The van der Waals surface area contributed by atoms with Gasteiger partial charge in [0.25, 0.3) is 0 Å². The van der Waals surface area contributed by atoms with E-state index in [9.17, 15) is 13.6 Å². The Labute approximate surface area is 98.0 Å². The molecule has 0 aliphatic carbocycles. The fraction of sp³-hybridized carbons (Fsp3) is 0.417. The molecule has 0 radical (unpaired) electrons. The van der Waals surface area contributed by atoms with Crippen molar-refractivity contribution in [1.29, 1.82) is 0 Å². The summed E-state index contributed by atoms with van der Waals surface area (Å²) < 4.78 is 31.0. The highest BCUT2D eigenvalue weighted by Gasteiger charge is 2.16. The number of hydrogen-bond donors (Lipinski definition) is 1. The Morgan fingerprint density at radius 2 is 2.12 bits per heavy atom. The molecule has 0 spiro atoms. The highest BCUT2D eigenvalue weighted by Crippen LogP contribution is 2.26. The normalized spacial score (nSPS) is 12.2. The van der Waals surface area contributed by atoms with Gasteiger partial charge in [0.15, 0.2) is 11.6 Å². The number of benzene rings is 1. The third-order valence-corrected chi connectivity index (χ3v) is 2.60. The van der Waals surface area contributed by atoms with Crippen molar-refractivity contribution >= 4 is 5.97 Å². The summed E-state index contributed by atoms with van der Waals surface area (Å²) in [6.07, 6.45) is 0.671. The molecule has 1 N–H and O–H groups in total. The van der Waals surface area contributed by atoms with Crippen LogP contribution in [0.1, 0.15) is 18.9 Å². The van der Waals surface area contributed by atoms with Gasteiger partial charge in [-0.1, -0.05) is 13.0 Å². The molecule has 0 aliphatic heterocycles. The molecule has 0 fully saturated rings. The largest absolute Gasteiger partial charge is 0.493 e. The van der Waals surface area contributed by atoms with Gasteiger partial charge in [-0.05, 0) is 24.5 Å². The fourth-order valence-corrected chi connectivity index (χ4v) is 1.49. The van der Waals surface area contributed by atoms with Crippen LogP contribution in [-0.2, 0) is 11.2 Å². The number of aliphatic carboxylic acids is 1. The van der Waals surface area contributed by atoms with Gasteiger partial charge in [-0.25, -0.2) is 4.39 Å². The molecule has 1 unspecified atom stereocenters. The minimum absolute atomic E-state index is 0.150. The molecule has 1 aromatic carbocycles. The summed E-state index contributed by atoms with van der Waals surface area (Å²) in [5.41, 5.74) is 0.472. The minimum Gasteiger partial charge on any atom is -0.493 e. The number of carboxylic acid groups (broad SMARTS) is 1. The van der Waals surface area contributed by atoms with Gasteiger partial charge in [0.1, 0.15) is 0 Å². The summed E-state index contributed by atoms with van der Waals surface area (Å²) in [5, 5.41) is 8.72. The highest BCUT2D eigenvalue weighted by molar-refractivity contribution is 5.69. The predicted octanol–water partition coefficient (Wildman–Crippen LogP) is 2.63. The third kappa shape index (κ3) is 3.15. The molecule has 5 heteroatoms. The number of hydrogen-bond acceptors (Lipinski definition) is 2. The number of ether oxygens (including phenoxy) is 1. The van der Waals surface area contributed by atoms with Crippen molar-refractivity contribution in [3.05, 3.63) is 29.3 Å². The van der Waals surface area contributed by atoms with Crippen molar-refractivity contribution in [3.63, 3.8) is 0 Å². The van der Waals surface area contributed by atoms with Crippen LogP contribution in [0.25, 0.3) is 0 Å². The van der Waals surface area contributed by atoms with Crippen LogP contribution in [0.3, 0.4) is 0 Å². The minimum atomic E-state index is -1.03. The van der Waals surface area contributed by atoms with Gasteiger partial charge < -0.3 is 9.84 Å². The average Bonchev–Trinajstić information content (AvgIpc) is 2.30. The summed E-state index contributed by atoms with van der Waals surface area (Å²) in [6.45, 7) is 1.56. The molecular weight excluding hydrogens is 230 g/mol. The Hall–Kier alpha value is -1.65. The quantitative estimate of drug-likeness (QED) is 0.866. The summed E-state index contributed by atoms with van der Waals surface area (Å²) in [5.74, 6) is -3.60. The van der Waals surface area contributed by atoms with Crippen LogP contribution < -0.4 is 4.74 Å². The van der Waals surface area contributed by atoms with E-state index in [1.807, 2.05) is 0 Å². The molecule has 94 valence electrons. The molecule has 0 saturated heterocycles. The van der Waals surface area contributed by atoms with Gasteiger partial charge in [0, 0.05) is 0 Å². The summed E-state index contributed by atoms with van der Waals surface area (Å²) in [6, 6.07) is 2.42. The molecule has 0 amide bonds. The van der Waals surface area contributed by atoms with Gasteiger partial charge >= 0.3 is 5.97 Å². The second-order valence-corrected chi connectivity index (χ2v) is 3.83. The van der Waals surface area contributed by atoms with E-state index in [4.69, 9.17) is 9.84 Å². The van der Waals surface area contributed by atoms with E-state index in [1.165, 1.54) is 13.2 Å². The van der Waals surface area contributed by atoms with Crippen molar-refractivity contribution in [2.75, 3.05) is 7.11 Å². The van der Waals surface area contributed by atoms with Crippen LogP contribution >= 0.6 is 0 Å². The van der Waals surface area contributed by atoms with Crippen molar-refractivity contribution in [2.24, 2.45) is 5.92 Å². The molecule has 0 heterocycles. The van der Waals surface area contributed by atoms with Crippen molar-refractivity contribution in [1.82, 2.24) is 0 Å². The SMILES string of the molecule is COc1c(CCC(C)C(=O)O)ccc(F)c1F. The predicted molar refractivity (Wildman–Crippen MR) is 58.0 cm³/mol. The Kier molecular flexibility index (Phi) is 4.43. The average molecular weight is 244 g/mol. The van der Waals surface area contributed by atoms with E-state index in [-0.39, 0.29) is 5.75 Å². The molecule has 0 saturated carbocycles. The van der Waals surface area contributed by atoms with E-state index in [0.717, 1.165) is 6.07 Å². The lowest BCUT2D eigenvalue weighted by Gasteiger charge is -2.11. The Balaban J connectivity index is 2.85. The number of carbonyl (C=O) groups is 1. The van der Waals surface area contributed by atoms with E-state index in [1.54, 1.807) is 6.92 Å². The summed E-state index contributed by atoms with van der Waals surface area (Å²) in [4.78, 5) is 10.6. The van der Waals surface area contributed by atoms with Crippen LogP contribution in [0.15, 0.2) is 12.1 Å². The lowest BCUT2D eigenvalue weighted by atomic mass is 10.0. The van der Waals surface area contributed by atoms with Crippen molar-refractivity contribution in [3.8, 4) is 5.75 Å². The van der Waals surface area contributed by atoms with Gasteiger partial charge in [-0.15, -0.1) is 0 Å². The second kappa shape index (κ2) is 5.61. The van der Waals surface area contributed by atoms with Gasteiger partial charge in [-0.3, -0.25) is 4.79 Å². The van der Waals surface area contributed by atoms with Crippen LogP contribution in [0.4, 0.5) is 8.78 Å². The standard InChI is InChI=1S/C12H14F2O3/c1-7(12(15)16)3-4-8-5-6-9(13)10(14)11(8)17-2/h5-7H,3-4H2,1-2H3,(H,15,16). The lowest BCUT2D eigenvalue weighted by Crippen LogP contribution is -2.10. The first kappa shape index (κ1) is 13.4. The maximum Gasteiger partial charge on any atom is 0.306 e. The molecule has 0 bridgehead atoms. The maximum atomic E-state index is 13.3. The molecule has 3 nitrogen and oxygen atoms in total. The first-order valence-electron chi connectivity index (χ1n) is 5.21. The number of carboxylic acids is 1. The topological polar surface area (TPSA) is 46.5 Å². The van der Waals surface area contributed by atoms with E-state index >= 15 is 0 Å². The Morgan fingerprint density at radius 3 is 2.65 bits per heavy atom. The smallest absolute Gasteiger partial charge is 0.306 e. The third-order valence-electron chi connectivity index (χ3n) is 2.60. The first-order valence-corrected chi connectivity index (χ1v) is 5.21. The summed E-state index contributed by atoms with van der Waals surface area (Å²) in [7, 11) is 1.25. The van der Waals surface area contributed by atoms with Gasteiger partial charge in [0.2, 0.25) is 5.82 Å². The Bertz CT molecular complexity index is 418. The number of aryl methyl sites for hydroxylation is 1. The van der Waals surface area contributed by atoms with Crippen LogP contribution in [0.5, 0.6) is 5.75 Å². The van der Waals surface area contributed by atoms with Crippen LogP contribution in [0.2, 0.25) is 0 Å². The van der Waals surface area contributed by atoms with E-state index in [2.05, 4.69) is 0 Å². The van der Waals surface area contributed by atoms with Crippen LogP contribution in [-0.4, -0.2) is 18.2 Å². The van der Waals surface area contributed by atoms with Crippen molar-refractivity contribution < 1.29 is 23.4 Å². The van der Waals surface area contributed by atoms with Gasteiger partial charge in [0.05, 0.1) is 13.0 Å². The summed E-state index contributed by atoms with van der Waals surface area (Å²) >= 11 is 0. The number of halogens is 2. The van der Waals surface area contributed by atoms with Gasteiger partial charge in [-0.2, -0.15) is 4.39 Å². The molecule has 17 heavy (non-hydrogen) atoms. The fourth-order valence-electron chi connectivity index (χ4n) is 1.49. The number of methoxy groups -OCH3 is 1. The van der Waals surface area contributed by atoms with E-state index in [0.29, 0.717) is 18.4 Å². The molecular formula is C12H14F2O3. The maximum absolute atomic E-state index is 13.3. The zero-order chi connectivity index (χ0) is 13.0. The Morgan fingerprint density at radius 1 is 1.47 bits per heavy atom. The molecule has 0 aliphatic rings. The van der Waals surface area contributed by atoms with Crippen LogP contribution in [0, 0.1) is 17.6 Å². The lowest BCUT2D eigenvalue weighted by molar-refractivity contribution is -0.141. The molecule has 1 aromatic rings. The highest BCUT2D eigenvalue weighted by atomic mass is 19.2. The number of rotatable bonds is 5. The zero-order valence-corrected chi connectivity index (χ0v) is 9.67. The van der Waals surface area contributed by atoms with Crippen molar-refractivity contribution in [2.45, 2.75) is 19.8 Å². The van der Waals surface area contributed by atoms with E-state index < -0.39 is 23.5 Å². The molecule has 0 aromatic heterocycles. The monoisotopic (exact) mass is 244 g/mol. The second-order valence-electron chi connectivity index (χ2n) is 3.83. The first-order chi connectivity index (χ1) is 7.97. The molecule has 1 rings (SSSR count).